The molecule has 1 rings (SSSR count). The fourth-order valence-corrected chi connectivity index (χ4v) is 2.39. The highest BCUT2D eigenvalue weighted by atomic mass is 32.2. The number of hydrogen-bond acceptors (Lipinski definition) is 3. The smallest absolute Gasteiger partial charge is 0.0110 e. The first-order chi connectivity index (χ1) is 6.33. The van der Waals surface area contributed by atoms with Crippen LogP contribution in [0.1, 0.15) is 13.3 Å². The van der Waals surface area contributed by atoms with Gasteiger partial charge in [-0.05, 0) is 19.2 Å². The van der Waals surface area contributed by atoms with E-state index in [1.807, 2.05) is 0 Å². The topological polar surface area (TPSA) is 6.48 Å². The maximum atomic E-state index is 2.59. The van der Waals surface area contributed by atoms with Gasteiger partial charge < -0.3 is 4.90 Å². The van der Waals surface area contributed by atoms with Gasteiger partial charge in [0.15, 0.2) is 0 Å². The SMILES string of the molecule is CCCSCCN1CCN(C)CC1. The van der Waals surface area contributed by atoms with Crippen LogP contribution < -0.4 is 0 Å². The zero-order valence-corrected chi connectivity index (χ0v) is 9.78. The van der Waals surface area contributed by atoms with Gasteiger partial charge in [-0.25, -0.2) is 0 Å². The molecule has 0 aromatic carbocycles. The molecule has 0 aromatic heterocycles. The van der Waals surface area contributed by atoms with Gasteiger partial charge in [-0.3, -0.25) is 4.90 Å². The maximum absolute atomic E-state index is 2.59. The van der Waals surface area contributed by atoms with E-state index in [2.05, 4.69) is 35.5 Å². The molecule has 0 radical (unpaired) electrons. The van der Waals surface area contributed by atoms with Crippen molar-refractivity contribution in [3.05, 3.63) is 0 Å². The second-order valence-corrected chi connectivity index (χ2v) is 4.98. The molecule has 1 heterocycles. The Morgan fingerprint density at radius 2 is 1.77 bits per heavy atom. The van der Waals surface area contributed by atoms with Crippen LogP contribution >= 0.6 is 11.8 Å². The molecule has 1 saturated heterocycles. The van der Waals surface area contributed by atoms with Crippen molar-refractivity contribution in [3.63, 3.8) is 0 Å². The second-order valence-electron chi connectivity index (χ2n) is 3.76. The number of rotatable bonds is 5. The van der Waals surface area contributed by atoms with Gasteiger partial charge in [0.1, 0.15) is 0 Å². The van der Waals surface area contributed by atoms with Crippen LogP contribution in [0.5, 0.6) is 0 Å². The van der Waals surface area contributed by atoms with Crippen LogP contribution in [0.2, 0.25) is 0 Å². The van der Waals surface area contributed by atoms with E-state index in [9.17, 15) is 0 Å². The zero-order chi connectivity index (χ0) is 9.52. The normalized spacial score (nSPS) is 20.8. The van der Waals surface area contributed by atoms with E-state index in [1.165, 1.54) is 50.7 Å². The van der Waals surface area contributed by atoms with E-state index in [0.29, 0.717) is 0 Å². The highest BCUT2D eigenvalue weighted by Crippen LogP contribution is 2.04. The molecule has 0 saturated carbocycles. The first-order valence-electron chi connectivity index (χ1n) is 5.31. The van der Waals surface area contributed by atoms with E-state index in [-0.39, 0.29) is 0 Å². The number of piperazine rings is 1. The third kappa shape index (κ3) is 4.89. The molecule has 0 aromatic rings. The van der Waals surface area contributed by atoms with Crippen molar-refractivity contribution in [2.45, 2.75) is 13.3 Å². The predicted octanol–water partition coefficient (Wildman–Crippen LogP) is 1.38. The van der Waals surface area contributed by atoms with E-state index in [0.717, 1.165) is 0 Å². The van der Waals surface area contributed by atoms with Crippen molar-refractivity contribution in [1.82, 2.24) is 9.80 Å². The fraction of sp³-hybridized carbons (Fsp3) is 1.00. The highest BCUT2D eigenvalue weighted by molar-refractivity contribution is 7.99. The molecule has 3 heteroatoms. The monoisotopic (exact) mass is 202 g/mol. The Kier molecular flexibility index (Phi) is 5.83. The lowest BCUT2D eigenvalue weighted by molar-refractivity contribution is 0.161. The minimum absolute atomic E-state index is 1.25. The lowest BCUT2D eigenvalue weighted by Gasteiger charge is -2.32. The van der Waals surface area contributed by atoms with Gasteiger partial charge in [-0.15, -0.1) is 0 Å². The molecule has 0 unspecified atom stereocenters. The molecule has 0 amide bonds. The van der Waals surface area contributed by atoms with Crippen molar-refractivity contribution in [3.8, 4) is 0 Å². The highest BCUT2D eigenvalue weighted by Gasteiger charge is 2.12. The van der Waals surface area contributed by atoms with E-state index in [4.69, 9.17) is 0 Å². The molecule has 1 aliphatic rings. The van der Waals surface area contributed by atoms with Gasteiger partial charge >= 0.3 is 0 Å². The molecule has 0 bridgehead atoms. The van der Waals surface area contributed by atoms with Crippen molar-refractivity contribution in [2.75, 3.05) is 51.3 Å². The van der Waals surface area contributed by atoms with Crippen molar-refractivity contribution >= 4 is 11.8 Å². The van der Waals surface area contributed by atoms with Crippen LogP contribution in [0.25, 0.3) is 0 Å². The van der Waals surface area contributed by atoms with Crippen molar-refractivity contribution in [2.24, 2.45) is 0 Å². The largest absolute Gasteiger partial charge is 0.304 e. The number of hydrogen-bond donors (Lipinski definition) is 0. The molecule has 0 aliphatic carbocycles. The summed E-state index contributed by atoms with van der Waals surface area (Å²) >= 11 is 2.09. The Bertz CT molecular complexity index is 122. The first kappa shape index (κ1) is 11.3. The molecule has 1 fully saturated rings. The molecule has 78 valence electrons. The Morgan fingerprint density at radius 1 is 1.08 bits per heavy atom. The molecule has 0 N–H and O–H groups in total. The molecule has 2 nitrogen and oxygen atoms in total. The van der Waals surface area contributed by atoms with Crippen LogP contribution in [-0.2, 0) is 0 Å². The average molecular weight is 202 g/mol. The number of likely N-dealkylation sites (N-methyl/N-ethyl adjacent to an activating group) is 1. The molecular weight excluding hydrogens is 180 g/mol. The predicted molar refractivity (Wildman–Crippen MR) is 61.6 cm³/mol. The minimum Gasteiger partial charge on any atom is -0.304 e. The lowest BCUT2D eigenvalue weighted by Crippen LogP contribution is -2.45. The summed E-state index contributed by atoms with van der Waals surface area (Å²) < 4.78 is 0. The Labute approximate surface area is 86.7 Å². The Balaban J connectivity index is 1.96. The Hall–Kier alpha value is 0.270. The molecule has 0 atom stereocenters. The van der Waals surface area contributed by atoms with Gasteiger partial charge in [0.05, 0.1) is 0 Å². The van der Waals surface area contributed by atoms with Crippen LogP contribution in [0.15, 0.2) is 0 Å². The summed E-state index contributed by atoms with van der Waals surface area (Å²) in [5.74, 6) is 2.64. The maximum Gasteiger partial charge on any atom is 0.0110 e. The summed E-state index contributed by atoms with van der Waals surface area (Å²) in [6, 6.07) is 0. The van der Waals surface area contributed by atoms with E-state index >= 15 is 0 Å². The summed E-state index contributed by atoms with van der Waals surface area (Å²) in [6.07, 6.45) is 1.31. The van der Waals surface area contributed by atoms with Gasteiger partial charge in [-0.1, -0.05) is 6.92 Å². The minimum atomic E-state index is 1.25. The summed E-state index contributed by atoms with van der Waals surface area (Å²) in [6.45, 7) is 8.57. The standard InChI is InChI=1S/C10H22N2S/c1-3-9-13-10-8-12-6-4-11(2)5-7-12/h3-10H2,1-2H3. The second kappa shape index (κ2) is 6.68. The lowest BCUT2D eigenvalue weighted by atomic mass is 10.3. The summed E-state index contributed by atoms with van der Waals surface area (Å²) in [5, 5.41) is 0. The summed E-state index contributed by atoms with van der Waals surface area (Å²) in [5.41, 5.74) is 0. The Morgan fingerprint density at radius 3 is 2.38 bits per heavy atom. The zero-order valence-electron chi connectivity index (χ0n) is 8.96. The fourth-order valence-electron chi connectivity index (χ4n) is 1.51. The summed E-state index contributed by atoms with van der Waals surface area (Å²) in [4.78, 5) is 5.00. The summed E-state index contributed by atoms with van der Waals surface area (Å²) in [7, 11) is 2.21. The number of nitrogens with zero attached hydrogens (tertiary/aromatic N) is 2. The van der Waals surface area contributed by atoms with E-state index < -0.39 is 0 Å². The van der Waals surface area contributed by atoms with Crippen molar-refractivity contribution < 1.29 is 0 Å². The van der Waals surface area contributed by atoms with Crippen LogP contribution in [0.4, 0.5) is 0 Å². The third-order valence-electron chi connectivity index (χ3n) is 2.50. The number of thioether (sulfide) groups is 1. The quantitative estimate of drug-likeness (QED) is 0.622. The average Bonchev–Trinajstić information content (AvgIpc) is 2.15. The van der Waals surface area contributed by atoms with Gasteiger partial charge in [-0.2, -0.15) is 11.8 Å². The molecule has 13 heavy (non-hydrogen) atoms. The van der Waals surface area contributed by atoms with Gasteiger partial charge in [0.25, 0.3) is 0 Å². The van der Waals surface area contributed by atoms with Crippen molar-refractivity contribution in [1.29, 1.82) is 0 Å². The van der Waals surface area contributed by atoms with Crippen LogP contribution in [0.3, 0.4) is 0 Å². The van der Waals surface area contributed by atoms with Gasteiger partial charge in [0, 0.05) is 38.5 Å². The van der Waals surface area contributed by atoms with E-state index in [1.54, 1.807) is 0 Å². The molecule has 0 spiro atoms. The first-order valence-corrected chi connectivity index (χ1v) is 6.47. The van der Waals surface area contributed by atoms with Crippen LogP contribution in [0, 0.1) is 0 Å². The molecule has 1 aliphatic heterocycles. The molecular formula is C10H22N2S. The third-order valence-corrected chi connectivity index (χ3v) is 3.66. The van der Waals surface area contributed by atoms with Gasteiger partial charge in [0.2, 0.25) is 0 Å². The van der Waals surface area contributed by atoms with Crippen LogP contribution in [-0.4, -0.2) is 61.1 Å².